The van der Waals surface area contributed by atoms with Gasteiger partial charge in [-0.05, 0) is 18.6 Å². The smallest absolute Gasteiger partial charge is 0.241 e. The van der Waals surface area contributed by atoms with Crippen molar-refractivity contribution >= 4 is 24.2 Å². The average Bonchev–Trinajstić information content (AvgIpc) is 2.46. The van der Waals surface area contributed by atoms with Crippen LogP contribution in [0.4, 0.5) is 0 Å². The average molecular weight is 316 g/mol. The minimum absolute atomic E-state index is 0. The molecule has 0 saturated heterocycles. The summed E-state index contributed by atoms with van der Waals surface area (Å²) >= 11 is 0. The molecule has 0 fully saturated rings. The van der Waals surface area contributed by atoms with Crippen molar-refractivity contribution in [3.63, 3.8) is 0 Å². The van der Waals surface area contributed by atoms with Gasteiger partial charge in [0.1, 0.15) is 12.4 Å². The van der Waals surface area contributed by atoms with E-state index in [2.05, 4.69) is 5.32 Å². The lowest BCUT2D eigenvalue weighted by atomic mass is 10.2. The zero-order valence-electron chi connectivity index (χ0n) is 12.3. The Kier molecular flexibility index (Phi) is 9.16. The SMILES string of the molecule is Cc1ccccc1OCCN(C)C(=O)CNC(=O)CN.Cl. The molecule has 1 rings (SSSR count). The van der Waals surface area contributed by atoms with Gasteiger partial charge >= 0.3 is 0 Å². The summed E-state index contributed by atoms with van der Waals surface area (Å²) in [5.41, 5.74) is 6.19. The fourth-order valence-electron chi connectivity index (χ4n) is 1.52. The first-order valence-electron chi connectivity index (χ1n) is 6.43. The normalized spacial score (nSPS) is 9.48. The topological polar surface area (TPSA) is 84.7 Å². The molecule has 6 nitrogen and oxygen atoms in total. The molecule has 0 aliphatic carbocycles. The van der Waals surface area contributed by atoms with E-state index in [0.717, 1.165) is 11.3 Å². The molecular formula is C14H22ClN3O3. The summed E-state index contributed by atoms with van der Waals surface area (Å²) in [5, 5.41) is 2.43. The molecule has 0 unspecified atom stereocenters. The van der Waals surface area contributed by atoms with Crippen LogP contribution in [0.5, 0.6) is 5.75 Å². The molecule has 0 aliphatic rings. The summed E-state index contributed by atoms with van der Waals surface area (Å²) < 4.78 is 5.60. The van der Waals surface area contributed by atoms with Crippen LogP contribution in [0.1, 0.15) is 5.56 Å². The number of halogens is 1. The van der Waals surface area contributed by atoms with Gasteiger partial charge < -0.3 is 20.7 Å². The second kappa shape index (κ2) is 10.0. The van der Waals surface area contributed by atoms with Crippen LogP contribution >= 0.6 is 12.4 Å². The molecule has 7 heteroatoms. The molecule has 0 atom stereocenters. The number of rotatable bonds is 7. The maximum atomic E-state index is 11.7. The second-order valence-corrected chi connectivity index (χ2v) is 4.41. The third-order valence-corrected chi connectivity index (χ3v) is 2.83. The van der Waals surface area contributed by atoms with Crippen molar-refractivity contribution in [3.05, 3.63) is 29.8 Å². The lowest BCUT2D eigenvalue weighted by Crippen LogP contribution is -2.41. The summed E-state index contributed by atoms with van der Waals surface area (Å²) in [7, 11) is 1.66. The van der Waals surface area contributed by atoms with E-state index in [0.29, 0.717) is 13.2 Å². The largest absolute Gasteiger partial charge is 0.491 e. The van der Waals surface area contributed by atoms with E-state index in [-0.39, 0.29) is 37.3 Å². The molecule has 21 heavy (non-hydrogen) atoms. The van der Waals surface area contributed by atoms with Crippen molar-refractivity contribution in [2.75, 3.05) is 33.3 Å². The molecule has 0 aliphatic heterocycles. The number of likely N-dealkylation sites (N-methyl/N-ethyl adjacent to an activating group) is 1. The van der Waals surface area contributed by atoms with E-state index in [4.69, 9.17) is 10.5 Å². The van der Waals surface area contributed by atoms with Crippen LogP contribution in [0.2, 0.25) is 0 Å². The molecule has 1 aromatic carbocycles. The number of nitrogens with two attached hydrogens (primary N) is 1. The van der Waals surface area contributed by atoms with Crippen LogP contribution in [0.25, 0.3) is 0 Å². The maximum absolute atomic E-state index is 11.7. The predicted octanol–water partition coefficient (Wildman–Crippen LogP) is 0.329. The highest BCUT2D eigenvalue weighted by molar-refractivity contribution is 5.85. The molecule has 1 aromatic rings. The summed E-state index contributed by atoms with van der Waals surface area (Å²) in [6, 6.07) is 7.70. The third kappa shape index (κ3) is 6.97. The van der Waals surface area contributed by atoms with Gasteiger partial charge in [-0.2, -0.15) is 0 Å². The summed E-state index contributed by atoms with van der Waals surface area (Å²) in [5.74, 6) is 0.285. The van der Waals surface area contributed by atoms with Crippen molar-refractivity contribution in [1.29, 1.82) is 0 Å². The van der Waals surface area contributed by atoms with Crippen LogP contribution in [0, 0.1) is 6.92 Å². The number of amides is 2. The van der Waals surface area contributed by atoms with Crippen LogP contribution in [0.3, 0.4) is 0 Å². The van der Waals surface area contributed by atoms with Crippen molar-refractivity contribution < 1.29 is 14.3 Å². The first kappa shape index (κ1) is 19.2. The van der Waals surface area contributed by atoms with E-state index >= 15 is 0 Å². The van der Waals surface area contributed by atoms with E-state index < -0.39 is 0 Å². The number of aryl methyl sites for hydroxylation is 1. The zero-order valence-corrected chi connectivity index (χ0v) is 13.1. The number of ether oxygens (including phenoxy) is 1. The Morgan fingerprint density at radius 1 is 1.33 bits per heavy atom. The number of nitrogens with one attached hydrogen (secondary N) is 1. The summed E-state index contributed by atoms with van der Waals surface area (Å²) in [4.78, 5) is 24.1. The Morgan fingerprint density at radius 3 is 2.62 bits per heavy atom. The van der Waals surface area contributed by atoms with Gasteiger partial charge in [0.2, 0.25) is 11.8 Å². The quantitative estimate of drug-likeness (QED) is 0.759. The molecule has 0 aromatic heterocycles. The number of hydrogen-bond donors (Lipinski definition) is 2. The standard InChI is InChI=1S/C14H21N3O3.ClH/c1-11-5-3-4-6-12(11)20-8-7-17(2)14(19)10-16-13(18)9-15;/h3-6H,7-10,15H2,1-2H3,(H,16,18);1H. The lowest BCUT2D eigenvalue weighted by molar-refractivity contribution is -0.131. The highest BCUT2D eigenvalue weighted by atomic mass is 35.5. The molecule has 0 radical (unpaired) electrons. The van der Waals surface area contributed by atoms with Crippen molar-refractivity contribution in [2.24, 2.45) is 5.73 Å². The van der Waals surface area contributed by atoms with Gasteiger partial charge in [0, 0.05) is 7.05 Å². The number of carbonyl (C=O) groups is 2. The van der Waals surface area contributed by atoms with E-state index in [9.17, 15) is 9.59 Å². The first-order valence-corrected chi connectivity index (χ1v) is 6.43. The Bertz CT molecular complexity index is 469. The van der Waals surface area contributed by atoms with Gasteiger partial charge in [-0.3, -0.25) is 9.59 Å². The molecular weight excluding hydrogens is 294 g/mol. The van der Waals surface area contributed by atoms with Crippen LogP contribution in [-0.4, -0.2) is 50.0 Å². The summed E-state index contributed by atoms with van der Waals surface area (Å²) in [6.45, 7) is 2.65. The highest BCUT2D eigenvalue weighted by Gasteiger charge is 2.09. The predicted molar refractivity (Wildman–Crippen MR) is 83.6 cm³/mol. The minimum atomic E-state index is -0.345. The molecule has 0 spiro atoms. The van der Waals surface area contributed by atoms with Gasteiger partial charge in [-0.25, -0.2) is 0 Å². The first-order chi connectivity index (χ1) is 9.54. The van der Waals surface area contributed by atoms with Gasteiger partial charge in [0.15, 0.2) is 0 Å². The second-order valence-electron chi connectivity index (χ2n) is 4.41. The van der Waals surface area contributed by atoms with Gasteiger partial charge in [0.25, 0.3) is 0 Å². The molecule has 118 valence electrons. The van der Waals surface area contributed by atoms with Gasteiger partial charge in [-0.15, -0.1) is 12.4 Å². The molecule has 2 amide bonds. The van der Waals surface area contributed by atoms with Gasteiger partial charge in [0.05, 0.1) is 19.6 Å². The Balaban J connectivity index is 0.00000400. The van der Waals surface area contributed by atoms with Crippen LogP contribution < -0.4 is 15.8 Å². The van der Waals surface area contributed by atoms with Crippen molar-refractivity contribution in [1.82, 2.24) is 10.2 Å². The Hall–Kier alpha value is -1.79. The number of hydrogen-bond acceptors (Lipinski definition) is 4. The molecule has 0 saturated carbocycles. The fraction of sp³-hybridized carbons (Fsp3) is 0.429. The van der Waals surface area contributed by atoms with Crippen molar-refractivity contribution in [3.8, 4) is 5.75 Å². The van der Waals surface area contributed by atoms with E-state index in [1.807, 2.05) is 31.2 Å². The van der Waals surface area contributed by atoms with E-state index in [1.54, 1.807) is 7.05 Å². The zero-order chi connectivity index (χ0) is 15.0. The monoisotopic (exact) mass is 315 g/mol. The number of benzene rings is 1. The fourth-order valence-corrected chi connectivity index (χ4v) is 1.52. The lowest BCUT2D eigenvalue weighted by Gasteiger charge is -2.18. The van der Waals surface area contributed by atoms with Crippen molar-refractivity contribution in [2.45, 2.75) is 6.92 Å². The van der Waals surface area contributed by atoms with Crippen LogP contribution in [-0.2, 0) is 9.59 Å². The highest BCUT2D eigenvalue weighted by Crippen LogP contribution is 2.15. The number of nitrogens with zero attached hydrogens (tertiary/aromatic N) is 1. The minimum Gasteiger partial charge on any atom is -0.491 e. The van der Waals surface area contributed by atoms with Gasteiger partial charge in [-0.1, -0.05) is 18.2 Å². The Morgan fingerprint density at radius 2 is 2.00 bits per heavy atom. The van der Waals surface area contributed by atoms with Crippen LogP contribution in [0.15, 0.2) is 24.3 Å². The number of carbonyl (C=O) groups excluding carboxylic acids is 2. The summed E-state index contributed by atoms with van der Waals surface area (Å²) in [6.07, 6.45) is 0. The molecule has 3 N–H and O–H groups in total. The maximum Gasteiger partial charge on any atom is 0.241 e. The molecule has 0 bridgehead atoms. The Labute approximate surface area is 131 Å². The van der Waals surface area contributed by atoms with E-state index in [1.165, 1.54) is 4.90 Å². The third-order valence-electron chi connectivity index (χ3n) is 2.83. The molecule has 0 heterocycles. The number of para-hydroxylation sites is 1.